The average Bonchev–Trinajstić information content (AvgIpc) is 3.23. The lowest BCUT2D eigenvalue weighted by Gasteiger charge is -2.25. The number of fused-ring (bicyclic) bond motifs is 1. The van der Waals surface area contributed by atoms with Gasteiger partial charge >= 0.3 is 0 Å². The van der Waals surface area contributed by atoms with Crippen molar-refractivity contribution in [3.8, 4) is 10.8 Å². The minimum atomic E-state index is 0.0334. The molecule has 1 aliphatic heterocycles. The Hall–Kier alpha value is -2.61. The summed E-state index contributed by atoms with van der Waals surface area (Å²) < 4.78 is 1.81. The molecule has 4 heterocycles. The van der Waals surface area contributed by atoms with Crippen molar-refractivity contribution in [1.82, 2.24) is 29.6 Å². The number of nitrogens with zero attached hydrogens (tertiary/aromatic N) is 6. The molecule has 0 fully saturated rings. The second-order valence-corrected chi connectivity index (χ2v) is 6.97. The molecule has 0 unspecified atom stereocenters. The van der Waals surface area contributed by atoms with Gasteiger partial charge in [0.1, 0.15) is 4.88 Å². The van der Waals surface area contributed by atoms with Crippen molar-refractivity contribution in [2.45, 2.75) is 26.3 Å². The van der Waals surface area contributed by atoms with E-state index in [9.17, 15) is 4.79 Å². The summed E-state index contributed by atoms with van der Waals surface area (Å²) in [7, 11) is 1.91. The van der Waals surface area contributed by atoms with Crippen molar-refractivity contribution >= 4 is 17.2 Å². The summed E-state index contributed by atoms with van der Waals surface area (Å²) in [6, 6.07) is 1.77. The van der Waals surface area contributed by atoms with Crippen LogP contribution in [0.3, 0.4) is 0 Å². The zero-order valence-corrected chi connectivity index (χ0v) is 15.0. The van der Waals surface area contributed by atoms with Crippen LogP contribution in [0.4, 0.5) is 0 Å². The summed E-state index contributed by atoms with van der Waals surface area (Å²) in [4.78, 5) is 28.7. The van der Waals surface area contributed by atoms with Gasteiger partial charge in [-0.25, -0.2) is 15.0 Å². The molecule has 0 bridgehead atoms. The molecule has 7 nitrogen and oxygen atoms in total. The number of hydrogen-bond donors (Lipinski definition) is 0. The summed E-state index contributed by atoms with van der Waals surface area (Å²) in [6.45, 7) is 3.29. The lowest BCUT2D eigenvalue weighted by atomic mass is 10.1. The second kappa shape index (κ2) is 6.36. The van der Waals surface area contributed by atoms with Gasteiger partial charge in [0, 0.05) is 50.7 Å². The van der Waals surface area contributed by atoms with Crippen molar-refractivity contribution in [2.75, 3.05) is 6.54 Å². The number of aromatic nitrogens is 5. The van der Waals surface area contributed by atoms with Gasteiger partial charge in [-0.3, -0.25) is 9.48 Å². The third-order valence-electron chi connectivity index (χ3n) is 4.24. The van der Waals surface area contributed by atoms with Gasteiger partial charge < -0.3 is 4.90 Å². The van der Waals surface area contributed by atoms with Crippen LogP contribution in [0.15, 0.2) is 24.7 Å². The maximum absolute atomic E-state index is 13.1. The molecule has 0 atom stereocenters. The van der Waals surface area contributed by atoms with E-state index in [1.165, 1.54) is 11.3 Å². The molecule has 0 N–H and O–H groups in total. The molecule has 3 aromatic heterocycles. The minimum Gasteiger partial charge on any atom is -0.333 e. The van der Waals surface area contributed by atoms with Crippen LogP contribution in [0.2, 0.25) is 0 Å². The Labute approximate surface area is 149 Å². The van der Waals surface area contributed by atoms with Crippen molar-refractivity contribution in [3.63, 3.8) is 0 Å². The number of rotatable bonds is 3. The fraction of sp³-hybridized carbons (Fsp3) is 0.353. The molecule has 4 rings (SSSR count). The van der Waals surface area contributed by atoms with Gasteiger partial charge in [-0.1, -0.05) is 6.92 Å². The zero-order valence-electron chi connectivity index (χ0n) is 14.1. The Morgan fingerprint density at radius 3 is 2.88 bits per heavy atom. The van der Waals surface area contributed by atoms with Crippen LogP contribution in [-0.4, -0.2) is 42.1 Å². The van der Waals surface area contributed by atoms with E-state index in [4.69, 9.17) is 0 Å². The van der Waals surface area contributed by atoms with E-state index in [0.29, 0.717) is 35.2 Å². The first-order valence-corrected chi connectivity index (χ1v) is 9.05. The van der Waals surface area contributed by atoms with Gasteiger partial charge in [0.05, 0.1) is 11.4 Å². The van der Waals surface area contributed by atoms with Gasteiger partial charge in [-0.2, -0.15) is 5.10 Å². The van der Waals surface area contributed by atoms with E-state index >= 15 is 0 Å². The third-order valence-corrected chi connectivity index (χ3v) is 5.32. The highest BCUT2D eigenvalue weighted by Crippen LogP contribution is 2.28. The van der Waals surface area contributed by atoms with Gasteiger partial charge in [0.25, 0.3) is 5.91 Å². The smallest absolute Gasteiger partial charge is 0.266 e. The highest BCUT2D eigenvalue weighted by Gasteiger charge is 2.27. The van der Waals surface area contributed by atoms with Gasteiger partial charge in [0.15, 0.2) is 10.8 Å². The quantitative estimate of drug-likeness (QED) is 0.720. The van der Waals surface area contributed by atoms with Crippen LogP contribution >= 0.6 is 11.3 Å². The Morgan fingerprint density at radius 1 is 1.32 bits per heavy atom. The van der Waals surface area contributed by atoms with E-state index in [2.05, 4.69) is 20.1 Å². The molecule has 128 valence electrons. The molecule has 8 heteroatoms. The molecule has 1 amide bonds. The second-order valence-electron chi connectivity index (χ2n) is 5.97. The molecular weight excluding hydrogens is 336 g/mol. The van der Waals surface area contributed by atoms with E-state index in [1.54, 1.807) is 18.5 Å². The van der Waals surface area contributed by atoms with Crippen LogP contribution in [0.1, 0.15) is 33.5 Å². The predicted molar refractivity (Wildman–Crippen MR) is 94.2 cm³/mol. The average molecular weight is 354 g/mol. The number of carbonyl (C=O) groups excluding carboxylic acids is 1. The van der Waals surface area contributed by atoms with Crippen molar-refractivity contribution < 1.29 is 4.79 Å². The van der Waals surface area contributed by atoms with Gasteiger partial charge in [0.2, 0.25) is 0 Å². The molecule has 0 radical (unpaired) electrons. The lowest BCUT2D eigenvalue weighted by molar-refractivity contribution is 0.0738. The van der Waals surface area contributed by atoms with Crippen molar-refractivity contribution in [2.24, 2.45) is 7.05 Å². The fourth-order valence-corrected chi connectivity index (χ4v) is 4.10. The van der Waals surface area contributed by atoms with Crippen LogP contribution in [0.5, 0.6) is 0 Å². The van der Waals surface area contributed by atoms with Crippen LogP contribution in [0, 0.1) is 0 Å². The van der Waals surface area contributed by atoms with E-state index < -0.39 is 0 Å². The summed E-state index contributed by atoms with van der Waals surface area (Å²) in [5.41, 5.74) is 3.02. The summed E-state index contributed by atoms with van der Waals surface area (Å²) >= 11 is 1.38. The van der Waals surface area contributed by atoms with Crippen molar-refractivity contribution in [1.29, 1.82) is 0 Å². The highest BCUT2D eigenvalue weighted by molar-refractivity contribution is 7.17. The van der Waals surface area contributed by atoms with Crippen molar-refractivity contribution in [3.05, 3.63) is 46.5 Å². The number of amides is 1. The molecule has 0 aromatic carbocycles. The normalized spacial score (nSPS) is 13.8. The molecule has 0 spiro atoms. The highest BCUT2D eigenvalue weighted by atomic mass is 32.1. The molecule has 1 aliphatic rings. The predicted octanol–water partition coefficient (Wildman–Crippen LogP) is 2.09. The van der Waals surface area contributed by atoms with Crippen LogP contribution < -0.4 is 0 Å². The summed E-state index contributed by atoms with van der Waals surface area (Å²) in [6.07, 6.45) is 6.86. The van der Waals surface area contributed by atoms with E-state index in [0.717, 1.165) is 23.4 Å². The standard InChI is InChI=1S/C17H18N6OS/c1-3-12-14(25-16(20-12)15-18-6-4-7-19-15)17(24)23-8-5-13-11(10-23)9-22(2)21-13/h4,6-7,9H,3,5,8,10H2,1-2H3. The van der Waals surface area contributed by atoms with E-state index in [-0.39, 0.29) is 5.91 Å². The molecule has 3 aromatic rings. The van der Waals surface area contributed by atoms with Crippen LogP contribution in [-0.2, 0) is 26.4 Å². The lowest BCUT2D eigenvalue weighted by Crippen LogP contribution is -2.35. The van der Waals surface area contributed by atoms with Gasteiger partial charge in [-0.15, -0.1) is 11.3 Å². The molecule has 0 saturated heterocycles. The first kappa shape index (κ1) is 15.9. The third kappa shape index (κ3) is 2.93. The Balaban J connectivity index is 1.63. The van der Waals surface area contributed by atoms with Crippen LogP contribution in [0.25, 0.3) is 10.8 Å². The molecule has 25 heavy (non-hydrogen) atoms. The number of aryl methyl sites for hydroxylation is 2. The van der Waals surface area contributed by atoms with Gasteiger partial charge in [-0.05, 0) is 12.5 Å². The minimum absolute atomic E-state index is 0.0334. The number of thiazole rings is 1. The number of hydrogen-bond acceptors (Lipinski definition) is 6. The number of carbonyl (C=O) groups is 1. The summed E-state index contributed by atoms with van der Waals surface area (Å²) in [5, 5.41) is 5.14. The Morgan fingerprint density at radius 2 is 2.12 bits per heavy atom. The molecule has 0 saturated carbocycles. The fourth-order valence-electron chi connectivity index (χ4n) is 3.03. The molecule has 0 aliphatic carbocycles. The Bertz CT molecular complexity index is 917. The summed E-state index contributed by atoms with van der Waals surface area (Å²) in [5.74, 6) is 0.598. The largest absolute Gasteiger partial charge is 0.333 e. The zero-order chi connectivity index (χ0) is 17.4. The van der Waals surface area contributed by atoms with E-state index in [1.807, 2.05) is 29.7 Å². The molecular formula is C17H18N6OS. The first-order chi connectivity index (χ1) is 12.2. The monoisotopic (exact) mass is 354 g/mol. The maximum Gasteiger partial charge on any atom is 0.266 e. The topological polar surface area (TPSA) is 76.8 Å². The maximum atomic E-state index is 13.1. The Kier molecular flexibility index (Phi) is 4.04. The first-order valence-electron chi connectivity index (χ1n) is 8.23. The SMILES string of the molecule is CCc1nc(-c2ncccn2)sc1C(=O)N1CCc2nn(C)cc2C1.